The highest BCUT2D eigenvalue weighted by atomic mass is 15.0. The van der Waals surface area contributed by atoms with Gasteiger partial charge in [0.25, 0.3) is 0 Å². The summed E-state index contributed by atoms with van der Waals surface area (Å²) in [5.41, 5.74) is 13.9. The van der Waals surface area contributed by atoms with Crippen LogP contribution >= 0.6 is 0 Å². The predicted molar refractivity (Wildman–Crippen MR) is 195 cm³/mol. The lowest BCUT2D eigenvalue weighted by atomic mass is 10.0. The molecule has 7 aromatic rings. The van der Waals surface area contributed by atoms with Gasteiger partial charge in [-0.15, -0.1) is 0 Å². The van der Waals surface area contributed by atoms with Gasteiger partial charge in [0.15, 0.2) is 0 Å². The second kappa shape index (κ2) is 10.8. The molecule has 0 N–H and O–H groups in total. The normalized spacial score (nSPS) is 14.4. The number of hydrogen-bond donors (Lipinski definition) is 0. The van der Waals surface area contributed by atoms with Crippen LogP contribution in [0.2, 0.25) is 0 Å². The minimum absolute atomic E-state index is 1.02. The van der Waals surface area contributed by atoms with E-state index in [1.54, 1.807) is 0 Å². The van der Waals surface area contributed by atoms with E-state index in [1.807, 2.05) is 0 Å². The first-order valence-electron chi connectivity index (χ1n) is 16.4. The SMILES string of the molecule is C/C=C\C=C/c1cn(-c2cc(-n3c4c(c5ccccc53)CCC=C4)cc(-n3c4c(c5ccccc53)C=CCC4)c2)c2ccccc12. The van der Waals surface area contributed by atoms with Crippen molar-refractivity contribution in [3.63, 3.8) is 0 Å². The molecule has 0 amide bonds. The fourth-order valence-corrected chi connectivity index (χ4v) is 7.73. The van der Waals surface area contributed by atoms with Gasteiger partial charge in [-0.05, 0) is 80.6 Å². The Kier molecular flexibility index (Phi) is 6.31. The number of para-hydroxylation sites is 3. The van der Waals surface area contributed by atoms with Gasteiger partial charge in [-0.1, -0.05) is 97.1 Å². The number of nitrogens with zero attached hydrogens (tertiary/aromatic N) is 3. The van der Waals surface area contributed by atoms with Crippen molar-refractivity contribution in [3.8, 4) is 17.1 Å². The minimum atomic E-state index is 1.02. The summed E-state index contributed by atoms with van der Waals surface area (Å²) in [5, 5.41) is 3.91. The van der Waals surface area contributed by atoms with Crippen LogP contribution in [-0.2, 0) is 12.8 Å². The zero-order valence-corrected chi connectivity index (χ0v) is 26.0. The number of benzene rings is 4. The van der Waals surface area contributed by atoms with Gasteiger partial charge >= 0.3 is 0 Å². The van der Waals surface area contributed by atoms with E-state index < -0.39 is 0 Å². The number of hydrogen-bond acceptors (Lipinski definition) is 0. The Morgan fingerprint density at radius 3 is 2.09 bits per heavy atom. The van der Waals surface area contributed by atoms with Gasteiger partial charge in [0.1, 0.15) is 0 Å². The zero-order chi connectivity index (χ0) is 30.6. The Morgan fingerprint density at radius 2 is 1.26 bits per heavy atom. The van der Waals surface area contributed by atoms with E-state index in [1.165, 1.54) is 72.2 Å². The van der Waals surface area contributed by atoms with Crippen LogP contribution in [0.25, 0.3) is 68.0 Å². The highest BCUT2D eigenvalue weighted by Gasteiger charge is 2.22. The Balaban J connectivity index is 1.37. The topological polar surface area (TPSA) is 14.8 Å². The summed E-state index contributed by atoms with van der Waals surface area (Å²) in [6.07, 6.45) is 24.3. The molecule has 3 aromatic heterocycles. The van der Waals surface area contributed by atoms with E-state index in [-0.39, 0.29) is 0 Å². The van der Waals surface area contributed by atoms with Crippen molar-refractivity contribution < 1.29 is 0 Å². The van der Waals surface area contributed by atoms with Crippen molar-refractivity contribution >= 4 is 50.9 Å². The summed E-state index contributed by atoms with van der Waals surface area (Å²) in [7, 11) is 0. The number of aromatic nitrogens is 3. The molecule has 0 fully saturated rings. The van der Waals surface area contributed by atoms with Gasteiger partial charge in [-0.3, -0.25) is 0 Å². The fraction of sp³-hybridized carbons (Fsp3) is 0.116. The van der Waals surface area contributed by atoms with Crippen LogP contribution in [0.1, 0.15) is 47.8 Å². The second-order valence-corrected chi connectivity index (χ2v) is 12.4. The van der Waals surface area contributed by atoms with E-state index in [2.05, 4.69) is 166 Å². The number of allylic oxidation sites excluding steroid dienone is 5. The maximum Gasteiger partial charge on any atom is 0.0537 e. The van der Waals surface area contributed by atoms with E-state index in [0.717, 1.165) is 31.4 Å². The summed E-state index contributed by atoms with van der Waals surface area (Å²) < 4.78 is 7.39. The maximum absolute atomic E-state index is 2.52. The molecular weight excluding hydrogens is 558 g/mol. The van der Waals surface area contributed by atoms with Crippen LogP contribution in [0, 0.1) is 0 Å². The number of rotatable bonds is 5. The first-order chi connectivity index (χ1) is 22.8. The molecule has 9 rings (SSSR count). The molecule has 0 atom stereocenters. The van der Waals surface area contributed by atoms with Gasteiger partial charge in [0.2, 0.25) is 0 Å². The average molecular weight is 594 g/mol. The molecule has 3 heteroatoms. The largest absolute Gasteiger partial charge is 0.316 e. The van der Waals surface area contributed by atoms with Crippen LogP contribution in [0.5, 0.6) is 0 Å². The van der Waals surface area contributed by atoms with Gasteiger partial charge in [-0.25, -0.2) is 0 Å². The van der Waals surface area contributed by atoms with Crippen molar-refractivity contribution in [2.45, 2.75) is 32.6 Å². The third-order valence-electron chi connectivity index (χ3n) is 9.71. The first-order valence-corrected chi connectivity index (χ1v) is 16.4. The number of fused-ring (bicyclic) bond motifs is 7. The molecular formula is C43H35N3. The molecule has 0 spiro atoms. The van der Waals surface area contributed by atoms with Crippen molar-refractivity contribution in [2.75, 3.05) is 0 Å². The highest BCUT2D eigenvalue weighted by Crippen LogP contribution is 2.39. The predicted octanol–water partition coefficient (Wildman–Crippen LogP) is 11.0. The summed E-state index contributed by atoms with van der Waals surface area (Å²) in [4.78, 5) is 0. The Bertz CT molecular complexity index is 2430. The lowest BCUT2D eigenvalue weighted by Gasteiger charge is -2.19. The Morgan fingerprint density at radius 1 is 0.609 bits per heavy atom. The molecule has 0 bridgehead atoms. The Labute approximate surface area is 269 Å². The first kappa shape index (κ1) is 26.8. The lowest BCUT2D eigenvalue weighted by Crippen LogP contribution is -2.07. The molecule has 2 aliphatic rings. The second-order valence-electron chi connectivity index (χ2n) is 12.4. The summed E-state index contributed by atoms with van der Waals surface area (Å²) in [5.74, 6) is 0. The highest BCUT2D eigenvalue weighted by molar-refractivity contribution is 5.95. The summed E-state index contributed by atoms with van der Waals surface area (Å²) in [6, 6.07) is 33.7. The van der Waals surface area contributed by atoms with Gasteiger partial charge in [0.05, 0.1) is 27.9 Å². The van der Waals surface area contributed by atoms with Gasteiger partial charge in [0, 0.05) is 50.6 Å². The van der Waals surface area contributed by atoms with Gasteiger partial charge < -0.3 is 13.7 Å². The van der Waals surface area contributed by atoms with Crippen molar-refractivity contribution in [3.05, 3.63) is 156 Å². The summed E-state index contributed by atoms with van der Waals surface area (Å²) in [6.45, 7) is 2.05. The lowest BCUT2D eigenvalue weighted by molar-refractivity contribution is 0.885. The molecule has 4 aromatic carbocycles. The molecule has 222 valence electrons. The minimum Gasteiger partial charge on any atom is -0.316 e. The molecule has 0 aliphatic heterocycles. The molecule has 0 saturated carbocycles. The Hall–Kier alpha value is -5.54. The maximum atomic E-state index is 2.52. The average Bonchev–Trinajstić information content (AvgIpc) is 3.76. The molecule has 2 aliphatic carbocycles. The smallest absolute Gasteiger partial charge is 0.0537 e. The van der Waals surface area contributed by atoms with Crippen molar-refractivity contribution in [1.29, 1.82) is 0 Å². The van der Waals surface area contributed by atoms with E-state index in [4.69, 9.17) is 0 Å². The van der Waals surface area contributed by atoms with Crippen molar-refractivity contribution in [2.24, 2.45) is 0 Å². The third-order valence-corrected chi connectivity index (χ3v) is 9.71. The quantitative estimate of drug-likeness (QED) is 0.176. The van der Waals surface area contributed by atoms with E-state index in [0.29, 0.717) is 0 Å². The fourth-order valence-electron chi connectivity index (χ4n) is 7.73. The van der Waals surface area contributed by atoms with Crippen LogP contribution < -0.4 is 0 Å². The zero-order valence-electron chi connectivity index (χ0n) is 26.0. The molecule has 46 heavy (non-hydrogen) atoms. The monoisotopic (exact) mass is 593 g/mol. The van der Waals surface area contributed by atoms with Crippen LogP contribution in [0.3, 0.4) is 0 Å². The standard InChI is InChI=1S/C43H35N3/c1-2-3-4-15-30-29-44(39-21-10-5-16-34(30)39)31-26-32(45-40-22-11-6-17-35(40)36-18-7-12-23-41(36)45)28-33(27-31)46-42-24-13-8-19-37(42)38-20-9-14-25-43(38)46/h2-8,10-11,13-19,21-22,24-29H,9,12,20,23H2,1H3/b3-2-,15-4-. The molecule has 0 saturated heterocycles. The number of aryl methyl sites for hydroxylation is 1. The van der Waals surface area contributed by atoms with E-state index in [9.17, 15) is 0 Å². The summed E-state index contributed by atoms with van der Waals surface area (Å²) >= 11 is 0. The van der Waals surface area contributed by atoms with Crippen LogP contribution in [-0.4, -0.2) is 13.7 Å². The molecule has 0 unspecified atom stereocenters. The van der Waals surface area contributed by atoms with Gasteiger partial charge in [-0.2, -0.15) is 0 Å². The van der Waals surface area contributed by atoms with Crippen LogP contribution in [0.4, 0.5) is 0 Å². The third kappa shape index (κ3) is 4.12. The van der Waals surface area contributed by atoms with Crippen molar-refractivity contribution in [1.82, 2.24) is 13.7 Å². The molecule has 3 nitrogen and oxygen atoms in total. The van der Waals surface area contributed by atoms with E-state index >= 15 is 0 Å². The van der Waals surface area contributed by atoms with Crippen LogP contribution in [0.15, 0.2) is 128 Å². The molecule has 0 radical (unpaired) electrons. The molecule has 3 heterocycles.